The molecule has 0 fully saturated rings. The highest BCUT2D eigenvalue weighted by molar-refractivity contribution is 9.10. The molecule has 0 amide bonds. The van der Waals surface area contributed by atoms with Crippen molar-refractivity contribution in [3.63, 3.8) is 0 Å². The van der Waals surface area contributed by atoms with Gasteiger partial charge in [-0.05, 0) is 46.3 Å². The first-order valence-corrected chi connectivity index (χ1v) is 6.53. The molecule has 0 aliphatic heterocycles. The SMILES string of the molecule is Fc1ccc(Br)cc1NCc1ccc(Br)cn1. The molecular formula is C12H9Br2FN2. The van der Waals surface area contributed by atoms with Gasteiger partial charge in [-0.3, -0.25) is 4.98 Å². The quantitative estimate of drug-likeness (QED) is 0.880. The average Bonchev–Trinajstić information content (AvgIpc) is 2.32. The van der Waals surface area contributed by atoms with Crippen LogP contribution in [0.25, 0.3) is 0 Å². The summed E-state index contributed by atoms with van der Waals surface area (Å²) in [6.45, 7) is 0.487. The zero-order valence-electron chi connectivity index (χ0n) is 8.75. The fourth-order valence-corrected chi connectivity index (χ4v) is 1.93. The molecule has 1 aromatic heterocycles. The summed E-state index contributed by atoms with van der Waals surface area (Å²) in [6, 6.07) is 8.57. The lowest BCUT2D eigenvalue weighted by Crippen LogP contribution is -2.03. The van der Waals surface area contributed by atoms with E-state index >= 15 is 0 Å². The Labute approximate surface area is 116 Å². The number of anilines is 1. The molecule has 0 aliphatic rings. The van der Waals surface area contributed by atoms with Gasteiger partial charge in [0.25, 0.3) is 0 Å². The molecule has 0 unspecified atom stereocenters. The van der Waals surface area contributed by atoms with Crippen LogP contribution in [0.4, 0.5) is 10.1 Å². The second-order valence-corrected chi connectivity index (χ2v) is 5.28. The van der Waals surface area contributed by atoms with Crippen molar-refractivity contribution in [2.45, 2.75) is 6.54 Å². The van der Waals surface area contributed by atoms with Crippen LogP contribution in [0.5, 0.6) is 0 Å². The predicted molar refractivity (Wildman–Crippen MR) is 73.4 cm³/mol. The minimum atomic E-state index is -0.273. The highest BCUT2D eigenvalue weighted by Gasteiger charge is 2.02. The highest BCUT2D eigenvalue weighted by atomic mass is 79.9. The lowest BCUT2D eigenvalue weighted by Gasteiger charge is -2.07. The maximum absolute atomic E-state index is 13.4. The van der Waals surface area contributed by atoms with Gasteiger partial charge in [-0.2, -0.15) is 0 Å². The third-order valence-electron chi connectivity index (χ3n) is 2.18. The van der Waals surface area contributed by atoms with Gasteiger partial charge in [0, 0.05) is 15.1 Å². The smallest absolute Gasteiger partial charge is 0.146 e. The number of halogens is 3. The molecule has 88 valence electrons. The van der Waals surface area contributed by atoms with Gasteiger partial charge in [-0.15, -0.1) is 0 Å². The van der Waals surface area contributed by atoms with Gasteiger partial charge >= 0.3 is 0 Å². The summed E-state index contributed by atoms with van der Waals surface area (Å²) in [7, 11) is 0. The fourth-order valence-electron chi connectivity index (χ4n) is 1.33. The molecule has 2 aromatic rings. The number of pyridine rings is 1. The molecule has 0 radical (unpaired) electrons. The molecule has 0 bridgehead atoms. The number of rotatable bonds is 3. The van der Waals surface area contributed by atoms with Gasteiger partial charge in [-0.1, -0.05) is 15.9 Å². The summed E-state index contributed by atoms with van der Waals surface area (Å²) in [5.74, 6) is -0.273. The van der Waals surface area contributed by atoms with E-state index in [-0.39, 0.29) is 5.82 Å². The van der Waals surface area contributed by atoms with E-state index in [1.807, 2.05) is 12.1 Å². The standard InChI is InChI=1S/C12H9Br2FN2/c13-8-2-4-11(15)12(5-8)17-7-10-3-1-9(14)6-16-10/h1-6,17H,7H2. The Morgan fingerprint density at radius 2 is 1.88 bits per heavy atom. The maximum atomic E-state index is 13.4. The molecule has 0 atom stereocenters. The van der Waals surface area contributed by atoms with Gasteiger partial charge < -0.3 is 5.32 Å². The van der Waals surface area contributed by atoms with Crippen LogP contribution in [-0.4, -0.2) is 4.98 Å². The maximum Gasteiger partial charge on any atom is 0.146 e. The third-order valence-corrected chi connectivity index (χ3v) is 3.14. The van der Waals surface area contributed by atoms with Crippen LogP contribution in [0, 0.1) is 5.82 Å². The van der Waals surface area contributed by atoms with Crippen molar-refractivity contribution >= 4 is 37.5 Å². The minimum Gasteiger partial charge on any atom is -0.377 e. The van der Waals surface area contributed by atoms with E-state index in [0.717, 1.165) is 14.6 Å². The molecule has 0 aliphatic carbocycles. The number of nitrogens with one attached hydrogen (secondary N) is 1. The summed E-state index contributed by atoms with van der Waals surface area (Å²) in [4.78, 5) is 4.20. The second kappa shape index (κ2) is 5.60. The van der Waals surface area contributed by atoms with E-state index in [0.29, 0.717) is 12.2 Å². The van der Waals surface area contributed by atoms with Crippen LogP contribution >= 0.6 is 31.9 Å². The molecule has 0 saturated carbocycles. The van der Waals surface area contributed by atoms with Crippen LogP contribution in [0.2, 0.25) is 0 Å². The summed E-state index contributed by atoms with van der Waals surface area (Å²) < 4.78 is 15.2. The Morgan fingerprint density at radius 3 is 2.59 bits per heavy atom. The van der Waals surface area contributed by atoms with Crippen LogP contribution < -0.4 is 5.32 Å². The van der Waals surface area contributed by atoms with Gasteiger partial charge in [0.05, 0.1) is 17.9 Å². The number of hydrogen-bond donors (Lipinski definition) is 1. The molecule has 17 heavy (non-hydrogen) atoms. The number of nitrogens with zero attached hydrogens (tertiary/aromatic N) is 1. The fraction of sp³-hybridized carbons (Fsp3) is 0.0833. The first kappa shape index (κ1) is 12.5. The van der Waals surface area contributed by atoms with Crippen molar-refractivity contribution < 1.29 is 4.39 Å². The molecule has 2 nitrogen and oxygen atoms in total. The average molecular weight is 360 g/mol. The monoisotopic (exact) mass is 358 g/mol. The van der Waals surface area contributed by atoms with Crippen LogP contribution in [-0.2, 0) is 6.54 Å². The predicted octanol–water partition coefficient (Wildman–Crippen LogP) is 4.36. The van der Waals surface area contributed by atoms with Crippen molar-refractivity contribution in [3.8, 4) is 0 Å². The van der Waals surface area contributed by atoms with Crippen molar-refractivity contribution in [2.24, 2.45) is 0 Å². The van der Waals surface area contributed by atoms with E-state index in [1.54, 1.807) is 18.3 Å². The van der Waals surface area contributed by atoms with E-state index in [2.05, 4.69) is 42.2 Å². The molecule has 2 rings (SSSR count). The topological polar surface area (TPSA) is 24.9 Å². The molecule has 0 spiro atoms. The normalized spacial score (nSPS) is 10.3. The Bertz CT molecular complexity index is 514. The Morgan fingerprint density at radius 1 is 1.12 bits per heavy atom. The van der Waals surface area contributed by atoms with E-state index < -0.39 is 0 Å². The second-order valence-electron chi connectivity index (χ2n) is 3.45. The van der Waals surface area contributed by atoms with Crippen molar-refractivity contribution in [3.05, 3.63) is 57.0 Å². The summed E-state index contributed by atoms with van der Waals surface area (Å²) in [5.41, 5.74) is 1.32. The zero-order valence-corrected chi connectivity index (χ0v) is 11.9. The molecule has 5 heteroatoms. The first-order chi connectivity index (χ1) is 8.15. The largest absolute Gasteiger partial charge is 0.377 e. The molecule has 1 N–H and O–H groups in total. The van der Waals surface area contributed by atoms with E-state index in [4.69, 9.17) is 0 Å². The zero-order chi connectivity index (χ0) is 12.3. The Balaban J connectivity index is 2.07. The van der Waals surface area contributed by atoms with Crippen molar-refractivity contribution in [1.29, 1.82) is 0 Å². The van der Waals surface area contributed by atoms with Crippen LogP contribution in [0.1, 0.15) is 5.69 Å². The summed E-state index contributed by atoms with van der Waals surface area (Å²) >= 11 is 6.62. The van der Waals surface area contributed by atoms with Crippen LogP contribution in [0.15, 0.2) is 45.5 Å². The Hall–Kier alpha value is -0.940. The van der Waals surface area contributed by atoms with Gasteiger partial charge in [0.15, 0.2) is 0 Å². The Kier molecular flexibility index (Phi) is 4.12. The summed E-state index contributed by atoms with van der Waals surface area (Å²) in [5, 5.41) is 3.01. The van der Waals surface area contributed by atoms with Gasteiger partial charge in [0.1, 0.15) is 5.82 Å². The van der Waals surface area contributed by atoms with E-state index in [1.165, 1.54) is 6.07 Å². The van der Waals surface area contributed by atoms with Crippen molar-refractivity contribution in [2.75, 3.05) is 5.32 Å². The number of hydrogen-bond acceptors (Lipinski definition) is 2. The van der Waals surface area contributed by atoms with Crippen molar-refractivity contribution in [1.82, 2.24) is 4.98 Å². The van der Waals surface area contributed by atoms with Crippen LogP contribution in [0.3, 0.4) is 0 Å². The summed E-state index contributed by atoms with van der Waals surface area (Å²) in [6.07, 6.45) is 1.72. The lowest BCUT2D eigenvalue weighted by atomic mass is 10.3. The number of benzene rings is 1. The van der Waals surface area contributed by atoms with Gasteiger partial charge in [-0.25, -0.2) is 4.39 Å². The minimum absolute atomic E-state index is 0.273. The first-order valence-electron chi connectivity index (χ1n) is 4.94. The molecule has 0 saturated heterocycles. The van der Waals surface area contributed by atoms with Gasteiger partial charge in [0.2, 0.25) is 0 Å². The highest BCUT2D eigenvalue weighted by Crippen LogP contribution is 2.20. The molecular weight excluding hydrogens is 351 g/mol. The third kappa shape index (κ3) is 3.51. The van der Waals surface area contributed by atoms with E-state index in [9.17, 15) is 4.39 Å². The lowest BCUT2D eigenvalue weighted by molar-refractivity contribution is 0.629. The number of aromatic nitrogens is 1. The molecule has 1 heterocycles. The molecule has 1 aromatic carbocycles.